The van der Waals surface area contributed by atoms with Crippen LogP contribution in [0.5, 0.6) is 0 Å². The number of nitrogens with zero attached hydrogens (tertiary/aromatic N) is 1. The van der Waals surface area contributed by atoms with Crippen molar-refractivity contribution < 1.29 is 9.90 Å². The van der Waals surface area contributed by atoms with Crippen LogP contribution in [0.1, 0.15) is 48.0 Å². The van der Waals surface area contributed by atoms with Crippen LogP contribution in [0.2, 0.25) is 0 Å². The Morgan fingerprint density at radius 2 is 2.19 bits per heavy atom. The number of pyridine rings is 1. The minimum Gasteiger partial charge on any atom is -0.396 e. The molecule has 5 nitrogen and oxygen atoms in total. The maximum absolute atomic E-state index is 13.1. The van der Waals surface area contributed by atoms with E-state index in [1.807, 2.05) is 19.1 Å². The van der Waals surface area contributed by atoms with Crippen LogP contribution < -0.4 is 5.43 Å². The molecule has 1 saturated heterocycles. The third-order valence-corrected chi connectivity index (χ3v) is 6.06. The third kappa shape index (κ3) is 3.05. The Morgan fingerprint density at radius 3 is 2.92 bits per heavy atom. The van der Waals surface area contributed by atoms with Crippen molar-refractivity contribution in [3.63, 3.8) is 0 Å². The fraction of sp³-hybridized carbons (Fsp3) is 0.524. The van der Waals surface area contributed by atoms with Gasteiger partial charge in [0.25, 0.3) is 5.91 Å². The Labute approximate surface area is 153 Å². The summed E-state index contributed by atoms with van der Waals surface area (Å²) in [7, 11) is 0. The molecule has 1 saturated carbocycles. The molecule has 2 aliphatic rings. The molecule has 138 valence electrons. The maximum atomic E-state index is 13.1. The number of H-pyrrole nitrogens is 1. The summed E-state index contributed by atoms with van der Waals surface area (Å²) < 4.78 is 0. The number of amides is 1. The van der Waals surface area contributed by atoms with Gasteiger partial charge in [-0.3, -0.25) is 9.59 Å². The van der Waals surface area contributed by atoms with Crippen LogP contribution in [0.3, 0.4) is 0 Å². The Bertz CT molecular complexity index is 900. The number of hydrogen-bond donors (Lipinski definition) is 2. The highest BCUT2D eigenvalue weighted by atomic mass is 16.3. The SMILES string of the molecule is Cc1cccc2c(=O)c(C(=O)N3CCCC(CO)(CC4CC4)C3)c[nH]c12. The zero-order chi connectivity index (χ0) is 18.3. The number of likely N-dealkylation sites (tertiary alicyclic amines) is 1. The number of benzene rings is 1. The number of hydrogen-bond acceptors (Lipinski definition) is 3. The number of carbonyl (C=O) groups excluding carboxylic acids is 1. The number of rotatable bonds is 4. The molecule has 2 N–H and O–H groups in total. The van der Waals surface area contributed by atoms with Crippen LogP contribution in [0, 0.1) is 18.3 Å². The topological polar surface area (TPSA) is 73.4 Å². The number of carbonyl (C=O) groups is 1. The predicted octanol–water partition coefficient (Wildman–Crippen LogP) is 2.85. The van der Waals surface area contributed by atoms with Gasteiger partial charge >= 0.3 is 0 Å². The van der Waals surface area contributed by atoms with Crippen molar-refractivity contribution in [2.24, 2.45) is 11.3 Å². The van der Waals surface area contributed by atoms with E-state index in [1.165, 1.54) is 12.8 Å². The molecule has 1 aliphatic heterocycles. The molecule has 1 aromatic heterocycles. The van der Waals surface area contributed by atoms with Crippen LogP contribution in [-0.2, 0) is 0 Å². The van der Waals surface area contributed by atoms with E-state index in [-0.39, 0.29) is 28.9 Å². The summed E-state index contributed by atoms with van der Waals surface area (Å²) in [5.74, 6) is 0.479. The average Bonchev–Trinajstić information content (AvgIpc) is 3.46. The first kappa shape index (κ1) is 17.3. The molecule has 1 amide bonds. The van der Waals surface area contributed by atoms with Gasteiger partial charge in [-0.2, -0.15) is 0 Å². The number of aliphatic hydroxyl groups is 1. The van der Waals surface area contributed by atoms with Gasteiger partial charge in [0.2, 0.25) is 5.43 Å². The first-order valence-corrected chi connectivity index (χ1v) is 9.54. The maximum Gasteiger partial charge on any atom is 0.259 e. The Balaban J connectivity index is 1.63. The summed E-state index contributed by atoms with van der Waals surface area (Å²) in [6.07, 6.45) is 6.84. The number of fused-ring (bicyclic) bond motifs is 1. The van der Waals surface area contributed by atoms with Gasteiger partial charge in [-0.1, -0.05) is 25.0 Å². The molecule has 0 radical (unpaired) electrons. The lowest BCUT2D eigenvalue weighted by molar-refractivity contribution is 0.0195. The van der Waals surface area contributed by atoms with E-state index in [0.717, 1.165) is 30.3 Å². The van der Waals surface area contributed by atoms with Gasteiger partial charge in [0, 0.05) is 30.1 Å². The number of para-hydroxylation sites is 1. The highest BCUT2D eigenvalue weighted by molar-refractivity contribution is 5.97. The average molecular weight is 354 g/mol. The fourth-order valence-corrected chi connectivity index (χ4v) is 4.41. The van der Waals surface area contributed by atoms with Gasteiger partial charge < -0.3 is 15.0 Å². The summed E-state index contributed by atoms with van der Waals surface area (Å²) in [5.41, 5.74) is 1.56. The molecule has 4 rings (SSSR count). The minimum absolute atomic E-state index is 0.112. The number of aromatic nitrogens is 1. The second kappa shape index (κ2) is 6.54. The smallest absolute Gasteiger partial charge is 0.259 e. The van der Waals surface area contributed by atoms with Gasteiger partial charge in [-0.25, -0.2) is 0 Å². The first-order chi connectivity index (χ1) is 12.5. The molecular formula is C21H26N2O3. The van der Waals surface area contributed by atoms with Crippen LogP contribution in [-0.4, -0.2) is 40.6 Å². The van der Waals surface area contributed by atoms with Crippen LogP contribution in [0.15, 0.2) is 29.2 Å². The number of aliphatic hydroxyl groups excluding tert-OH is 1. The van der Waals surface area contributed by atoms with Crippen molar-refractivity contribution in [2.45, 2.75) is 39.0 Å². The summed E-state index contributed by atoms with van der Waals surface area (Å²) in [6.45, 7) is 3.25. The Morgan fingerprint density at radius 1 is 1.38 bits per heavy atom. The molecule has 2 aromatic rings. The normalized spacial score (nSPS) is 23.4. The zero-order valence-corrected chi connectivity index (χ0v) is 15.3. The van der Waals surface area contributed by atoms with E-state index < -0.39 is 0 Å². The molecular weight excluding hydrogens is 328 g/mol. The van der Waals surface area contributed by atoms with E-state index in [1.54, 1.807) is 17.2 Å². The molecule has 2 heterocycles. The molecule has 0 bridgehead atoms. The lowest BCUT2D eigenvalue weighted by Crippen LogP contribution is -2.49. The van der Waals surface area contributed by atoms with Crippen molar-refractivity contribution in [2.75, 3.05) is 19.7 Å². The summed E-state index contributed by atoms with van der Waals surface area (Å²) in [4.78, 5) is 30.8. The highest BCUT2D eigenvalue weighted by Crippen LogP contribution is 2.44. The van der Waals surface area contributed by atoms with Gasteiger partial charge in [-0.15, -0.1) is 0 Å². The lowest BCUT2D eigenvalue weighted by Gasteiger charge is -2.42. The fourth-order valence-electron chi connectivity index (χ4n) is 4.41. The second-order valence-corrected chi connectivity index (χ2v) is 8.16. The first-order valence-electron chi connectivity index (χ1n) is 9.54. The number of nitrogens with one attached hydrogen (secondary N) is 1. The van der Waals surface area contributed by atoms with Crippen LogP contribution in [0.4, 0.5) is 0 Å². The van der Waals surface area contributed by atoms with Gasteiger partial charge in [-0.05, 0) is 43.7 Å². The standard InChI is InChI=1S/C21H26N2O3/c1-14-4-2-5-16-18(14)22-11-17(19(16)25)20(26)23-9-3-8-21(12-23,13-24)10-15-6-7-15/h2,4-5,11,15,24H,3,6-10,12-13H2,1H3,(H,22,25). The van der Waals surface area contributed by atoms with Gasteiger partial charge in [0.1, 0.15) is 5.56 Å². The largest absolute Gasteiger partial charge is 0.396 e. The zero-order valence-electron chi connectivity index (χ0n) is 15.3. The third-order valence-electron chi connectivity index (χ3n) is 6.06. The van der Waals surface area contributed by atoms with E-state index in [9.17, 15) is 14.7 Å². The molecule has 1 aliphatic carbocycles. The molecule has 1 aromatic carbocycles. The minimum atomic E-state index is -0.219. The van der Waals surface area contributed by atoms with E-state index in [2.05, 4.69) is 4.98 Å². The molecule has 1 unspecified atom stereocenters. The number of aromatic amines is 1. The molecule has 1 atom stereocenters. The van der Waals surface area contributed by atoms with Crippen molar-refractivity contribution in [1.82, 2.24) is 9.88 Å². The second-order valence-electron chi connectivity index (χ2n) is 8.16. The quantitative estimate of drug-likeness (QED) is 0.887. The predicted molar refractivity (Wildman–Crippen MR) is 101 cm³/mol. The summed E-state index contributed by atoms with van der Waals surface area (Å²) in [5, 5.41) is 10.6. The molecule has 26 heavy (non-hydrogen) atoms. The van der Waals surface area contributed by atoms with Crippen molar-refractivity contribution in [3.05, 3.63) is 45.7 Å². The number of piperidine rings is 1. The lowest BCUT2D eigenvalue weighted by atomic mass is 9.76. The van der Waals surface area contributed by atoms with E-state index >= 15 is 0 Å². The molecule has 2 fully saturated rings. The van der Waals surface area contributed by atoms with Crippen molar-refractivity contribution in [3.8, 4) is 0 Å². The summed E-state index contributed by atoms with van der Waals surface area (Å²) >= 11 is 0. The Kier molecular flexibility index (Phi) is 4.35. The number of aryl methyl sites for hydroxylation is 1. The Hall–Kier alpha value is -2.14. The van der Waals surface area contributed by atoms with Crippen molar-refractivity contribution in [1.29, 1.82) is 0 Å². The van der Waals surface area contributed by atoms with Crippen LogP contribution in [0.25, 0.3) is 10.9 Å². The molecule has 5 heteroatoms. The van der Waals surface area contributed by atoms with Crippen molar-refractivity contribution >= 4 is 16.8 Å². The van der Waals surface area contributed by atoms with Crippen LogP contribution >= 0.6 is 0 Å². The van der Waals surface area contributed by atoms with Gasteiger partial charge in [0.05, 0.1) is 12.1 Å². The van der Waals surface area contributed by atoms with E-state index in [4.69, 9.17) is 0 Å². The monoisotopic (exact) mass is 354 g/mol. The molecule has 0 spiro atoms. The van der Waals surface area contributed by atoms with Gasteiger partial charge in [0.15, 0.2) is 0 Å². The highest BCUT2D eigenvalue weighted by Gasteiger charge is 2.41. The summed E-state index contributed by atoms with van der Waals surface area (Å²) in [6, 6.07) is 5.55. The van der Waals surface area contributed by atoms with E-state index in [0.29, 0.717) is 24.4 Å².